The standard InChI is InChI=1S/C29H38N2O3S.C2HF3O2/c1-21-7-13-25(14-8-21)30-28(32)29(19-20-29)24-11-15-26(16-12-24)31-35(33,34)27-17-9-23(10-18-27)22-5-3-2-4-6-22;3-2(4,5)1(6)7/h9-12,15-18,21-22,25,31H,2-8,13-14,19-20H2,1H3,(H,30,32);(H,6,7). The fourth-order valence-corrected chi connectivity index (χ4v) is 6.98. The summed E-state index contributed by atoms with van der Waals surface area (Å²) in [6.07, 6.45) is 7.28. The zero-order valence-corrected chi connectivity index (χ0v) is 24.6. The number of alkyl halides is 3. The summed E-state index contributed by atoms with van der Waals surface area (Å²) in [4.78, 5) is 22.3. The number of amides is 1. The Hall–Kier alpha value is -3.08. The second-order valence-corrected chi connectivity index (χ2v) is 13.6. The lowest BCUT2D eigenvalue weighted by Crippen LogP contribution is -2.43. The summed E-state index contributed by atoms with van der Waals surface area (Å²) in [6.45, 7) is 2.28. The lowest BCUT2D eigenvalue weighted by Gasteiger charge is -2.28. The average molecular weight is 609 g/mol. The molecular formula is C31H39F3N2O5S. The van der Waals surface area contributed by atoms with Gasteiger partial charge in [0.05, 0.1) is 10.3 Å². The highest BCUT2D eigenvalue weighted by Gasteiger charge is 2.51. The summed E-state index contributed by atoms with van der Waals surface area (Å²) in [5.41, 5.74) is 2.28. The first-order valence-corrected chi connectivity index (χ1v) is 16.1. The fourth-order valence-electron chi connectivity index (χ4n) is 5.93. The molecular weight excluding hydrogens is 569 g/mol. The van der Waals surface area contributed by atoms with Gasteiger partial charge < -0.3 is 10.4 Å². The van der Waals surface area contributed by atoms with Crippen molar-refractivity contribution in [3.8, 4) is 0 Å². The van der Waals surface area contributed by atoms with Crippen LogP contribution in [0.25, 0.3) is 0 Å². The van der Waals surface area contributed by atoms with E-state index in [4.69, 9.17) is 9.90 Å². The Morgan fingerprint density at radius 1 is 0.857 bits per heavy atom. The summed E-state index contributed by atoms with van der Waals surface area (Å²) < 4.78 is 60.4. The molecule has 0 heterocycles. The van der Waals surface area contributed by atoms with E-state index < -0.39 is 27.6 Å². The first-order valence-electron chi connectivity index (χ1n) is 14.6. The molecule has 230 valence electrons. The quantitative estimate of drug-likeness (QED) is 0.317. The molecule has 1 amide bonds. The first kappa shape index (κ1) is 31.8. The Morgan fingerprint density at radius 3 is 1.90 bits per heavy atom. The SMILES string of the molecule is CC1CCC(NC(=O)C2(c3ccc(NS(=O)(=O)c4ccc(C5CCCCC5)cc4)cc3)CC2)CC1.O=C(O)C(F)(F)F. The van der Waals surface area contributed by atoms with Gasteiger partial charge in [-0.25, -0.2) is 13.2 Å². The topological polar surface area (TPSA) is 113 Å². The van der Waals surface area contributed by atoms with E-state index in [0.29, 0.717) is 11.6 Å². The summed E-state index contributed by atoms with van der Waals surface area (Å²) in [7, 11) is -3.66. The lowest BCUT2D eigenvalue weighted by atomic mass is 9.84. The number of carbonyl (C=O) groups excluding carboxylic acids is 1. The number of nitrogens with one attached hydrogen (secondary N) is 2. The maximum absolute atomic E-state index is 13.1. The largest absolute Gasteiger partial charge is 0.490 e. The number of hydrogen-bond acceptors (Lipinski definition) is 4. The molecule has 2 aromatic carbocycles. The highest BCUT2D eigenvalue weighted by atomic mass is 32.2. The maximum atomic E-state index is 13.1. The van der Waals surface area contributed by atoms with Gasteiger partial charge in [-0.3, -0.25) is 9.52 Å². The van der Waals surface area contributed by atoms with E-state index in [9.17, 15) is 26.4 Å². The highest BCUT2D eigenvalue weighted by Crippen LogP contribution is 2.49. The van der Waals surface area contributed by atoms with Crippen molar-refractivity contribution >= 4 is 27.6 Å². The summed E-state index contributed by atoms with van der Waals surface area (Å²) in [6, 6.07) is 15.0. The van der Waals surface area contributed by atoms with Crippen molar-refractivity contribution in [1.82, 2.24) is 5.32 Å². The van der Waals surface area contributed by atoms with Crippen molar-refractivity contribution in [3.63, 3.8) is 0 Å². The number of halogens is 3. The molecule has 3 saturated carbocycles. The molecule has 0 atom stereocenters. The molecule has 3 aliphatic carbocycles. The number of carbonyl (C=O) groups is 2. The van der Waals surface area contributed by atoms with Gasteiger partial charge in [-0.1, -0.05) is 50.5 Å². The molecule has 3 fully saturated rings. The monoisotopic (exact) mass is 608 g/mol. The Bertz CT molecular complexity index is 1330. The van der Waals surface area contributed by atoms with Gasteiger partial charge in [0.2, 0.25) is 5.91 Å². The second kappa shape index (κ2) is 13.1. The van der Waals surface area contributed by atoms with Crippen molar-refractivity contribution in [2.24, 2.45) is 5.92 Å². The molecule has 0 bridgehead atoms. The van der Waals surface area contributed by atoms with E-state index in [1.54, 1.807) is 24.3 Å². The minimum atomic E-state index is -5.08. The van der Waals surface area contributed by atoms with E-state index in [1.807, 2.05) is 24.3 Å². The number of carboxylic acid groups (broad SMARTS) is 1. The molecule has 3 aliphatic rings. The molecule has 2 aromatic rings. The van der Waals surface area contributed by atoms with Gasteiger partial charge in [0.15, 0.2) is 0 Å². The Kier molecular flexibility index (Phi) is 9.90. The van der Waals surface area contributed by atoms with Crippen LogP contribution >= 0.6 is 0 Å². The van der Waals surface area contributed by atoms with E-state index in [2.05, 4.69) is 17.0 Å². The van der Waals surface area contributed by atoms with Gasteiger partial charge in [-0.2, -0.15) is 13.2 Å². The van der Waals surface area contributed by atoms with E-state index in [0.717, 1.165) is 37.2 Å². The minimum absolute atomic E-state index is 0.128. The molecule has 0 radical (unpaired) electrons. The molecule has 0 aliphatic heterocycles. The molecule has 7 nitrogen and oxygen atoms in total. The normalized spacial score (nSPS) is 22.3. The summed E-state index contributed by atoms with van der Waals surface area (Å²) in [5.74, 6) is -1.32. The highest BCUT2D eigenvalue weighted by molar-refractivity contribution is 7.92. The Labute approximate surface area is 245 Å². The van der Waals surface area contributed by atoms with Crippen LogP contribution < -0.4 is 10.0 Å². The molecule has 11 heteroatoms. The zero-order valence-electron chi connectivity index (χ0n) is 23.8. The van der Waals surface area contributed by atoms with Crippen molar-refractivity contribution in [3.05, 3.63) is 59.7 Å². The lowest BCUT2D eigenvalue weighted by molar-refractivity contribution is -0.192. The van der Waals surface area contributed by atoms with Crippen LogP contribution in [0.15, 0.2) is 53.4 Å². The van der Waals surface area contributed by atoms with Crippen LogP contribution in [-0.4, -0.2) is 37.6 Å². The van der Waals surface area contributed by atoms with Crippen molar-refractivity contribution in [1.29, 1.82) is 0 Å². The van der Waals surface area contributed by atoms with Gasteiger partial charge >= 0.3 is 12.1 Å². The number of carboxylic acids is 1. The maximum Gasteiger partial charge on any atom is 0.490 e. The molecule has 42 heavy (non-hydrogen) atoms. The van der Waals surface area contributed by atoms with Crippen molar-refractivity contribution < 1.29 is 36.3 Å². The third kappa shape index (κ3) is 8.05. The van der Waals surface area contributed by atoms with Crippen LogP contribution in [-0.2, 0) is 25.0 Å². The minimum Gasteiger partial charge on any atom is -0.475 e. The van der Waals surface area contributed by atoms with Crippen molar-refractivity contribution in [2.45, 2.75) is 106 Å². The average Bonchev–Trinajstić information content (AvgIpc) is 3.77. The van der Waals surface area contributed by atoms with Crippen molar-refractivity contribution in [2.75, 3.05) is 4.72 Å². The zero-order chi connectivity index (χ0) is 30.5. The molecule has 5 rings (SSSR count). The third-order valence-electron chi connectivity index (χ3n) is 8.73. The van der Waals surface area contributed by atoms with Gasteiger partial charge in [0.25, 0.3) is 10.0 Å². The van der Waals surface area contributed by atoms with Crippen LogP contribution in [0, 0.1) is 5.92 Å². The molecule has 0 saturated heterocycles. The Balaban J connectivity index is 0.000000517. The second-order valence-electron chi connectivity index (χ2n) is 11.9. The Morgan fingerprint density at radius 2 is 1.40 bits per heavy atom. The smallest absolute Gasteiger partial charge is 0.475 e. The summed E-state index contributed by atoms with van der Waals surface area (Å²) >= 11 is 0. The molecule has 0 aromatic heterocycles. The number of sulfonamides is 1. The molecule has 3 N–H and O–H groups in total. The van der Waals surface area contributed by atoms with Gasteiger partial charge in [0.1, 0.15) is 0 Å². The number of hydrogen-bond donors (Lipinski definition) is 3. The fraction of sp³-hybridized carbons (Fsp3) is 0.548. The predicted molar refractivity (Wildman–Crippen MR) is 154 cm³/mol. The number of anilines is 1. The number of benzene rings is 2. The van der Waals surface area contributed by atoms with Gasteiger partial charge in [-0.15, -0.1) is 0 Å². The summed E-state index contributed by atoms with van der Waals surface area (Å²) in [5, 5.41) is 10.4. The van der Waals surface area contributed by atoms with Gasteiger partial charge in [-0.05, 0) is 98.6 Å². The predicted octanol–water partition coefficient (Wildman–Crippen LogP) is 6.89. The number of rotatable bonds is 7. The van der Waals surface area contributed by atoms with E-state index >= 15 is 0 Å². The first-order chi connectivity index (χ1) is 19.8. The molecule has 0 spiro atoms. The van der Waals surface area contributed by atoms with Crippen LogP contribution in [0.5, 0.6) is 0 Å². The van der Waals surface area contributed by atoms with Gasteiger partial charge in [0, 0.05) is 11.7 Å². The van der Waals surface area contributed by atoms with Crippen LogP contribution in [0.4, 0.5) is 18.9 Å². The third-order valence-corrected chi connectivity index (χ3v) is 10.1. The number of aliphatic carboxylic acids is 1. The van der Waals surface area contributed by atoms with Crippen LogP contribution in [0.3, 0.4) is 0 Å². The van der Waals surface area contributed by atoms with E-state index in [-0.39, 0.29) is 16.8 Å². The van der Waals surface area contributed by atoms with Crippen LogP contribution in [0.1, 0.15) is 94.6 Å². The van der Waals surface area contributed by atoms with E-state index in [1.165, 1.54) is 50.5 Å². The molecule has 0 unspecified atom stereocenters. The van der Waals surface area contributed by atoms with Crippen LogP contribution in [0.2, 0.25) is 0 Å².